The first kappa shape index (κ1) is 26.6. The Morgan fingerprint density at radius 3 is 1.64 bits per heavy atom. The molecule has 0 amide bonds. The third-order valence-electron chi connectivity index (χ3n) is 6.02. The van der Waals surface area contributed by atoms with Gasteiger partial charge in [0.2, 0.25) is 0 Å². The lowest BCUT2D eigenvalue weighted by molar-refractivity contribution is -0.0533. The Kier molecular flexibility index (Phi) is 8.02. The molecule has 16 heteroatoms. The van der Waals surface area contributed by atoms with Crippen LogP contribution < -0.4 is 22.5 Å². The first-order valence-corrected chi connectivity index (χ1v) is 12.2. The van der Waals surface area contributed by atoms with Gasteiger partial charge in [-0.05, 0) is 13.8 Å². The summed E-state index contributed by atoms with van der Waals surface area (Å²) in [6.07, 6.45) is -2.60. The van der Waals surface area contributed by atoms with Crippen molar-refractivity contribution in [3.8, 4) is 0 Å². The van der Waals surface area contributed by atoms with E-state index in [0.29, 0.717) is 11.1 Å². The summed E-state index contributed by atoms with van der Waals surface area (Å²) in [5, 5.41) is 20.5. The van der Waals surface area contributed by atoms with E-state index in [4.69, 9.17) is 18.5 Å². The van der Waals surface area contributed by atoms with E-state index in [-0.39, 0.29) is 26.1 Å². The molecule has 5 N–H and O–H groups in total. The third-order valence-corrected chi connectivity index (χ3v) is 6.76. The molecule has 4 heterocycles. The number of nitrogens with one attached hydrogen (secondary N) is 2. The van der Waals surface area contributed by atoms with Crippen LogP contribution in [0.15, 0.2) is 31.6 Å². The van der Waals surface area contributed by atoms with Gasteiger partial charge in [-0.25, -0.2) is 9.59 Å². The number of hydrogen-bond donors (Lipinski definition) is 5. The summed E-state index contributed by atoms with van der Waals surface area (Å²) in [7, 11) is -2.43. The molecule has 36 heavy (non-hydrogen) atoms. The fourth-order valence-electron chi connectivity index (χ4n) is 3.98. The highest BCUT2D eigenvalue weighted by atomic mass is 31.2. The average molecular weight is 530 g/mol. The normalized spacial score (nSPS) is 29.0. The van der Waals surface area contributed by atoms with Gasteiger partial charge in [0.15, 0.2) is 0 Å². The summed E-state index contributed by atoms with van der Waals surface area (Å²) in [5.74, 6) is 0. The van der Waals surface area contributed by atoms with Gasteiger partial charge >= 0.3 is 20.0 Å². The van der Waals surface area contributed by atoms with Crippen molar-refractivity contribution in [3.63, 3.8) is 0 Å². The Labute approximate surface area is 203 Å². The zero-order valence-electron chi connectivity index (χ0n) is 19.4. The molecule has 2 fully saturated rings. The number of ether oxygens (including phenoxy) is 2. The quantitative estimate of drug-likeness (QED) is 0.242. The first-order chi connectivity index (χ1) is 17.0. The number of hydrogen-bond acceptors (Lipinski definition) is 11. The molecule has 6 atom stereocenters. The maximum Gasteiger partial charge on any atom is 0.330 e. The smallest absolute Gasteiger partial charge is 0.330 e. The SMILES string of the molecule is Cc1cn([C@H]2CC(O)[C@@H](COP(O)OC[C@H]3O[C@@H](n4cc(C)c(=O)[nH]c4=O)CC3O)O2)c(=O)[nH]c1=O. The van der Waals surface area contributed by atoms with Crippen molar-refractivity contribution in [2.24, 2.45) is 0 Å². The van der Waals surface area contributed by atoms with Gasteiger partial charge in [-0.3, -0.25) is 28.7 Å². The van der Waals surface area contributed by atoms with Gasteiger partial charge < -0.3 is 33.6 Å². The van der Waals surface area contributed by atoms with Crippen LogP contribution in [0.2, 0.25) is 0 Å². The monoisotopic (exact) mass is 530 g/mol. The summed E-state index contributed by atoms with van der Waals surface area (Å²) in [6.45, 7) is 2.56. The Balaban J connectivity index is 1.27. The highest BCUT2D eigenvalue weighted by molar-refractivity contribution is 7.40. The molecule has 0 radical (unpaired) electrons. The summed E-state index contributed by atoms with van der Waals surface area (Å²) < 4.78 is 24.1. The van der Waals surface area contributed by atoms with Gasteiger partial charge in [-0.1, -0.05) is 0 Å². The van der Waals surface area contributed by atoms with Crippen LogP contribution >= 0.6 is 8.60 Å². The lowest BCUT2D eigenvalue weighted by Gasteiger charge is -2.20. The van der Waals surface area contributed by atoms with E-state index in [1.54, 1.807) is 0 Å². The number of aromatic amines is 2. The fraction of sp³-hybridized carbons (Fsp3) is 0.600. The van der Waals surface area contributed by atoms with Crippen LogP contribution in [0.3, 0.4) is 0 Å². The third kappa shape index (κ3) is 5.74. The summed E-state index contributed by atoms with van der Waals surface area (Å²) >= 11 is 0. The van der Waals surface area contributed by atoms with Crippen LogP contribution in [0.5, 0.6) is 0 Å². The number of H-pyrrole nitrogens is 2. The van der Waals surface area contributed by atoms with Gasteiger partial charge in [-0.15, -0.1) is 0 Å². The van der Waals surface area contributed by atoms with Crippen molar-refractivity contribution < 1.29 is 33.6 Å². The van der Waals surface area contributed by atoms with Crippen LogP contribution in [0.1, 0.15) is 36.4 Å². The number of aryl methyl sites for hydroxylation is 2. The van der Waals surface area contributed by atoms with Gasteiger partial charge in [-0.2, -0.15) is 0 Å². The minimum atomic E-state index is -2.43. The molecular weight excluding hydrogens is 503 g/mol. The molecule has 2 aliphatic heterocycles. The van der Waals surface area contributed by atoms with Gasteiger partial charge in [0, 0.05) is 36.4 Å². The summed E-state index contributed by atoms with van der Waals surface area (Å²) in [6, 6.07) is 0. The number of aromatic nitrogens is 4. The second-order valence-corrected chi connectivity index (χ2v) is 9.64. The second-order valence-electron chi connectivity index (χ2n) is 8.65. The zero-order valence-corrected chi connectivity index (χ0v) is 20.3. The first-order valence-electron chi connectivity index (χ1n) is 11.1. The number of nitrogens with zero attached hydrogens (tertiary/aromatic N) is 2. The van der Waals surface area contributed by atoms with Crippen molar-refractivity contribution in [2.75, 3.05) is 13.2 Å². The summed E-state index contributed by atoms with van der Waals surface area (Å²) in [4.78, 5) is 61.6. The van der Waals surface area contributed by atoms with Crippen LogP contribution in [-0.2, 0) is 18.5 Å². The molecule has 0 saturated carbocycles. The zero-order chi connectivity index (χ0) is 26.1. The summed E-state index contributed by atoms with van der Waals surface area (Å²) in [5.41, 5.74) is -1.77. The van der Waals surface area contributed by atoms with Crippen molar-refractivity contribution in [3.05, 3.63) is 65.2 Å². The number of rotatable bonds is 8. The predicted octanol–water partition coefficient (Wildman–Crippen LogP) is -1.75. The highest BCUT2D eigenvalue weighted by Gasteiger charge is 2.38. The van der Waals surface area contributed by atoms with Crippen molar-refractivity contribution in [2.45, 2.75) is 63.6 Å². The van der Waals surface area contributed by atoms with E-state index in [1.807, 2.05) is 0 Å². The highest BCUT2D eigenvalue weighted by Crippen LogP contribution is 2.37. The molecule has 0 bridgehead atoms. The average Bonchev–Trinajstić information content (AvgIpc) is 3.37. The molecule has 198 valence electrons. The largest absolute Gasteiger partial charge is 0.390 e. The molecule has 2 aromatic heterocycles. The van der Waals surface area contributed by atoms with E-state index < -0.39 is 68.0 Å². The van der Waals surface area contributed by atoms with Crippen molar-refractivity contribution >= 4 is 8.60 Å². The van der Waals surface area contributed by atoms with E-state index in [0.717, 1.165) is 0 Å². The molecule has 2 aromatic rings. The molecule has 15 nitrogen and oxygen atoms in total. The molecule has 0 aromatic carbocycles. The van der Waals surface area contributed by atoms with E-state index in [1.165, 1.54) is 35.4 Å². The lowest BCUT2D eigenvalue weighted by atomic mass is 10.2. The topological polar surface area (TPSA) is 207 Å². The maximum atomic E-state index is 12.1. The Morgan fingerprint density at radius 2 is 1.25 bits per heavy atom. The number of aliphatic hydroxyl groups is 2. The molecule has 2 unspecified atom stereocenters. The molecule has 4 rings (SSSR count). The van der Waals surface area contributed by atoms with Crippen LogP contribution in [0.4, 0.5) is 0 Å². The van der Waals surface area contributed by atoms with E-state index >= 15 is 0 Å². The molecule has 2 aliphatic rings. The standard InChI is InChI=1S/C20H27N4O11P/c1-9-5-23(19(29)21-17(9)27)15-3-11(25)13(34-15)7-32-36(31)33-8-14-12(26)4-16(35-14)24-6-10(2)18(28)22-20(24)30/h5-6,11-16,25-26,31H,3-4,7-8H2,1-2H3,(H,21,27,29)(H,22,28,30)/t11?,12?,13-,14-,15-,16-,36?/m1/s1. The van der Waals surface area contributed by atoms with Gasteiger partial charge in [0.05, 0.1) is 25.4 Å². The predicted molar refractivity (Wildman–Crippen MR) is 122 cm³/mol. The van der Waals surface area contributed by atoms with Crippen molar-refractivity contribution in [1.82, 2.24) is 19.1 Å². The Morgan fingerprint density at radius 1 is 0.861 bits per heavy atom. The molecule has 0 spiro atoms. The lowest BCUT2D eigenvalue weighted by Crippen LogP contribution is -2.33. The minimum Gasteiger partial charge on any atom is -0.390 e. The maximum absolute atomic E-state index is 12.1. The molecule has 0 aliphatic carbocycles. The van der Waals surface area contributed by atoms with Crippen LogP contribution in [-0.4, -0.2) is 71.8 Å². The van der Waals surface area contributed by atoms with Crippen molar-refractivity contribution in [1.29, 1.82) is 0 Å². The van der Waals surface area contributed by atoms with Crippen LogP contribution in [0, 0.1) is 13.8 Å². The second kappa shape index (κ2) is 10.9. The van der Waals surface area contributed by atoms with Crippen LogP contribution in [0.25, 0.3) is 0 Å². The Bertz CT molecular complexity index is 1220. The van der Waals surface area contributed by atoms with Gasteiger partial charge in [0.1, 0.15) is 24.7 Å². The van der Waals surface area contributed by atoms with E-state index in [9.17, 15) is 34.3 Å². The molecule has 2 saturated heterocycles. The minimum absolute atomic E-state index is 0.0662. The Hall–Kier alpha value is -2.49. The fourth-order valence-corrected chi connectivity index (χ4v) is 4.61. The molecular formula is C20H27N4O11P. The number of aliphatic hydroxyl groups excluding tert-OH is 2. The van der Waals surface area contributed by atoms with E-state index in [2.05, 4.69) is 9.97 Å². The van der Waals surface area contributed by atoms with Gasteiger partial charge in [0.25, 0.3) is 11.1 Å².